The molecule has 3 nitrogen and oxygen atoms in total. The van der Waals surface area contributed by atoms with E-state index in [1.807, 2.05) is 31.2 Å². The van der Waals surface area contributed by atoms with Crippen LogP contribution in [0, 0.1) is 6.92 Å². The fourth-order valence-electron chi connectivity index (χ4n) is 1.25. The maximum atomic E-state index is 9.10. The van der Waals surface area contributed by atoms with Gasteiger partial charge < -0.3 is 5.11 Å². The van der Waals surface area contributed by atoms with Crippen molar-refractivity contribution in [3.63, 3.8) is 0 Å². The minimum absolute atomic E-state index is 0.231. The molecule has 0 saturated heterocycles. The Kier molecular flexibility index (Phi) is 2.96. The summed E-state index contributed by atoms with van der Waals surface area (Å²) in [7, 11) is 0. The number of phenolic OH excluding ortho intramolecular Hbond substituents is 1. The van der Waals surface area contributed by atoms with Crippen LogP contribution >= 0.6 is 0 Å². The van der Waals surface area contributed by atoms with Gasteiger partial charge in [0, 0.05) is 0 Å². The lowest BCUT2D eigenvalue weighted by molar-refractivity contribution is 0.475. The van der Waals surface area contributed by atoms with Crippen LogP contribution in [0.2, 0.25) is 0 Å². The largest absolute Gasteiger partial charge is 0.508 e. The molecule has 0 fully saturated rings. The molecule has 0 radical (unpaired) electrons. The second-order valence-corrected chi connectivity index (χ2v) is 3.55. The average molecular weight is 212 g/mol. The molecule has 0 saturated carbocycles. The molecular weight excluding hydrogens is 200 g/mol. The van der Waals surface area contributed by atoms with Gasteiger partial charge in [0.1, 0.15) is 5.75 Å². The Morgan fingerprint density at radius 3 is 1.69 bits per heavy atom. The molecule has 2 aromatic carbocycles. The first-order valence-corrected chi connectivity index (χ1v) is 5.01. The van der Waals surface area contributed by atoms with E-state index in [1.165, 1.54) is 5.56 Å². The van der Waals surface area contributed by atoms with Crippen molar-refractivity contribution in [1.82, 2.24) is 0 Å². The van der Waals surface area contributed by atoms with Crippen LogP contribution in [0.4, 0.5) is 11.4 Å². The summed E-state index contributed by atoms with van der Waals surface area (Å²) < 4.78 is 0. The van der Waals surface area contributed by atoms with Gasteiger partial charge in [0.25, 0.3) is 0 Å². The Morgan fingerprint density at radius 1 is 0.750 bits per heavy atom. The lowest BCUT2D eigenvalue weighted by atomic mass is 10.2. The zero-order valence-electron chi connectivity index (χ0n) is 8.96. The summed E-state index contributed by atoms with van der Waals surface area (Å²) in [5.74, 6) is 0.231. The summed E-state index contributed by atoms with van der Waals surface area (Å²) >= 11 is 0. The minimum Gasteiger partial charge on any atom is -0.508 e. The number of hydrogen-bond acceptors (Lipinski definition) is 3. The Hall–Kier alpha value is -2.16. The van der Waals surface area contributed by atoms with Crippen LogP contribution in [0.1, 0.15) is 5.56 Å². The Morgan fingerprint density at radius 2 is 1.19 bits per heavy atom. The number of nitrogens with zero attached hydrogens (tertiary/aromatic N) is 2. The Balaban J connectivity index is 2.15. The van der Waals surface area contributed by atoms with Gasteiger partial charge in [-0.15, -0.1) is 0 Å². The van der Waals surface area contributed by atoms with Gasteiger partial charge in [-0.05, 0) is 43.3 Å². The summed E-state index contributed by atoms with van der Waals surface area (Å²) in [4.78, 5) is 0. The van der Waals surface area contributed by atoms with Gasteiger partial charge in [-0.3, -0.25) is 0 Å². The molecule has 0 bridgehead atoms. The Bertz CT molecular complexity index is 439. The van der Waals surface area contributed by atoms with Crippen LogP contribution in [0.15, 0.2) is 58.8 Å². The van der Waals surface area contributed by atoms with Crippen molar-refractivity contribution in [3.8, 4) is 5.75 Å². The van der Waals surface area contributed by atoms with E-state index >= 15 is 0 Å². The molecule has 16 heavy (non-hydrogen) atoms. The first kappa shape index (κ1) is 10.4. The smallest absolute Gasteiger partial charge is 0.115 e. The maximum absolute atomic E-state index is 9.10. The number of aryl methyl sites for hydroxylation is 1. The number of azo groups is 1. The quantitative estimate of drug-likeness (QED) is 0.748. The van der Waals surface area contributed by atoms with Crippen molar-refractivity contribution >= 4 is 11.4 Å². The van der Waals surface area contributed by atoms with Gasteiger partial charge >= 0.3 is 0 Å². The molecule has 0 aliphatic carbocycles. The second-order valence-electron chi connectivity index (χ2n) is 3.55. The first-order chi connectivity index (χ1) is 7.74. The van der Waals surface area contributed by atoms with E-state index in [-0.39, 0.29) is 5.75 Å². The molecule has 3 heteroatoms. The fourth-order valence-corrected chi connectivity index (χ4v) is 1.25. The van der Waals surface area contributed by atoms with Crippen LogP contribution in [-0.4, -0.2) is 5.11 Å². The summed E-state index contributed by atoms with van der Waals surface area (Å²) in [6, 6.07) is 14.4. The molecule has 0 aromatic heterocycles. The molecule has 1 N–H and O–H groups in total. The van der Waals surface area contributed by atoms with Crippen LogP contribution < -0.4 is 0 Å². The summed E-state index contributed by atoms with van der Waals surface area (Å²) in [6.45, 7) is 2.03. The van der Waals surface area contributed by atoms with E-state index < -0.39 is 0 Å². The molecule has 0 heterocycles. The lowest BCUT2D eigenvalue weighted by Gasteiger charge is -1.94. The standard InChI is InChI=1S/C13H12N2O/c1-10-2-4-11(5-3-10)14-15-12-6-8-13(16)9-7-12/h2-9,16H,1H3/b15-14+. The molecule has 2 aromatic rings. The third kappa shape index (κ3) is 2.67. The zero-order chi connectivity index (χ0) is 11.4. The molecule has 2 rings (SSSR count). The number of rotatable bonds is 2. The highest BCUT2D eigenvalue weighted by molar-refractivity contribution is 5.42. The van der Waals surface area contributed by atoms with E-state index in [0.29, 0.717) is 0 Å². The highest BCUT2D eigenvalue weighted by Gasteiger charge is 1.91. The van der Waals surface area contributed by atoms with Crippen molar-refractivity contribution in [2.75, 3.05) is 0 Å². The van der Waals surface area contributed by atoms with Gasteiger partial charge in [0.05, 0.1) is 11.4 Å². The van der Waals surface area contributed by atoms with Crippen LogP contribution in [0.5, 0.6) is 5.75 Å². The number of aromatic hydroxyl groups is 1. The van der Waals surface area contributed by atoms with Gasteiger partial charge in [0.15, 0.2) is 0 Å². The summed E-state index contributed by atoms with van der Waals surface area (Å²) in [6.07, 6.45) is 0. The highest BCUT2D eigenvalue weighted by Crippen LogP contribution is 2.20. The first-order valence-electron chi connectivity index (χ1n) is 5.01. The fraction of sp³-hybridized carbons (Fsp3) is 0.0769. The molecule has 0 aliphatic rings. The SMILES string of the molecule is Cc1ccc(/N=N/c2ccc(O)cc2)cc1. The molecular formula is C13H12N2O. The summed E-state index contributed by atoms with van der Waals surface area (Å²) in [5, 5.41) is 17.3. The van der Waals surface area contributed by atoms with E-state index in [1.54, 1.807) is 24.3 Å². The van der Waals surface area contributed by atoms with E-state index in [2.05, 4.69) is 10.2 Å². The van der Waals surface area contributed by atoms with Crippen molar-refractivity contribution in [3.05, 3.63) is 54.1 Å². The predicted octanol–water partition coefficient (Wildman–Crippen LogP) is 4.12. The molecule has 0 amide bonds. The second kappa shape index (κ2) is 4.57. The average Bonchev–Trinajstić information content (AvgIpc) is 2.30. The van der Waals surface area contributed by atoms with E-state index in [0.717, 1.165) is 11.4 Å². The van der Waals surface area contributed by atoms with Crippen molar-refractivity contribution in [1.29, 1.82) is 0 Å². The van der Waals surface area contributed by atoms with Crippen molar-refractivity contribution < 1.29 is 5.11 Å². The number of phenols is 1. The Labute approximate surface area is 94.1 Å². The topological polar surface area (TPSA) is 45.0 Å². The minimum atomic E-state index is 0.231. The third-order valence-electron chi connectivity index (χ3n) is 2.16. The molecule has 0 aliphatic heterocycles. The normalized spacial score (nSPS) is 10.8. The molecule has 0 spiro atoms. The van der Waals surface area contributed by atoms with Crippen molar-refractivity contribution in [2.45, 2.75) is 6.92 Å². The predicted molar refractivity (Wildman–Crippen MR) is 63.5 cm³/mol. The van der Waals surface area contributed by atoms with Gasteiger partial charge in [-0.2, -0.15) is 10.2 Å². The van der Waals surface area contributed by atoms with E-state index in [4.69, 9.17) is 5.11 Å². The number of hydrogen-bond donors (Lipinski definition) is 1. The molecule has 0 unspecified atom stereocenters. The lowest BCUT2D eigenvalue weighted by Crippen LogP contribution is -1.68. The van der Waals surface area contributed by atoms with E-state index in [9.17, 15) is 0 Å². The van der Waals surface area contributed by atoms with Gasteiger partial charge in [-0.1, -0.05) is 17.7 Å². The van der Waals surface area contributed by atoms with Crippen LogP contribution in [0.3, 0.4) is 0 Å². The van der Waals surface area contributed by atoms with Gasteiger partial charge in [-0.25, -0.2) is 0 Å². The maximum Gasteiger partial charge on any atom is 0.115 e. The summed E-state index contributed by atoms with van der Waals surface area (Å²) in [5.41, 5.74) is 2.74. The van der Waals surface area contributed by atoms with Crippen molar-refractivity contribution in [2.24, 2.45) is 10.2 Å². The molecule has 0 atom stereocenters. The molecule has 80 valence electrons. The monoisotopic (exact) mass is 212 g/mol. The highest BCUT2D eigenvalue weighted by atomic mass is 16.3. The zero-order valence-corrected chi connectivity index (χ0v) is 8.96. The van der Waals surface area contributed by atoms with Crippen LogP contribution in [0.25, 0.3) is 0 Å². The van der Waals surface area contributed by atoms with Crippen LogP contribution in [-0.2, 0) is 0 Å². The van der Waals surface area contributed by atoms with Gasteiger partial charge in [0.2, 0.25) is 0 Å². The number of benzene rings is 2. The third-order valence-corrected chi connectivity index (χ3v) is 2.16.